The molecule has 1 rings (SSSR count). The van der Waals surface area contributed by atoms with Crippen LogP contribution in [0.2, 0.25) is 18.1 Å². The van der Waals surface area contributed by atoms with Gasteiger partial charge in [-0.3, -0.25) is 4.79 Å². The molecule has 19 heavy (non-hydrogen) atoms. The van der Waals surface area contributed by atoms with Gasteiger partial charge < -0.3 is 5.32 Å². The third-order valence-corrected chi connectivity index (χ3v) is 5.48. The summed E-state index contributed by atoms with van der Waals surface area (Å²) < 4.78 is 0. The van der Waals surface area contributed by atoms with Crippen molar-refractivity contribution in [2.75, 3.05) is 6.54 Å². The molecule has 0 unspecified atom stereocenters. The first kappa shape index (κ1) is 16.3. The lowest BCUT2D eigenvalue weighted by atomic mass is 9.83. The maximum Gasteiger partial charge on any atom is 0.253 e. The fraction of sp³-hybridized carbons (Fsp3) is 0.533. The topological polar surface area (TPSA) is 29.1 Å². The van der Waals surface area contributed by atoms with Crippen molar-refractivity contribution in [2.24, 2.45) is 0 Å². The number of carbonyl (C=O) groups is 1. The highest BCUT2D eigenvalue weighted by atomic mass is 35.5. The molecule has 0 radical (unpaired) electrons. The minimum absolute atomic E-state index is 0.0612. The Balaban J connectivity index is 3.51. The van der Waals surface area contributed by atoms with Crippen LogP contribution >= 0.6 is 11.6 Å². The van der Waals surface area contributed by atoms with Crippen molar-refractivity contribution in [3.05, 3.63) is 28.3 Å². The molecule has 0 aliphatic heterocycles. The molecule has 2 nitrogen and oxygen atoms in total. The Morgan fingerprint density at radius 3 is 2.32 bits per heavy atom. The fourth-order valence-corrected chi connectivity index (χ4v) is 4.17. The van der Waals surface area contributed by atoms with Crippen LogP contribution in [0.3, 0.4) is 0 Å². The molecule has 0 bridgehead atoms. The second-order valence-corrected chi connectivity index (χ2v) is 9.46. The highest BCUT2D eigenvalue weighted by molar-refractivity contribution is 6.73. The molecule has 0 atom stereocenters. The number of amides is 1. The molecule has 1 aromatic rings. The predicted molar refractivity (Wildman–Crippen MR) is 86.7 cm³/mol. The van der Waals surface area contributed by atoms with E-state index in [-0.39, 0.29) is 11.3 Å². The largest absolute Gasteiger partial charge is 0.352 e. The number of rotatable bonds is 3. The Bertz CT molecular complexity index is 478. The van der Waals surface area contributed by atoms with Crippen LogP contribution in [-0.4, -0.2) is 21.2 Å². The van der Waals surface area contributed by atoms with Crippen molar-refractivity contribution in [1.82, 2.24) is 5.32 Å². The maximum atomic E-state index is 12.3. The van der Waals surface area contributed by atoms with Gasteiger partial charge in [0, 0.05) is 6.54 Å². The summed E-state index contributed by atoms with van der Waals surface area (Å²) in [6.45, 7) is 13.3. The first-order valence-corrected chi connectivity index (χ1v) is 10.1. The molecule has 1 amide bonds. The molecule has 0 saturated heterocycles. The minimum atomic E-state index is -1.04. The lowest BCUT2D eigenvalue weighted by Crippen LogP contribution is -2.32. The molecular formula is C15H24ClNOSi. The van der Waals surface area contributed by atoms with Crippen molar-refractivity contribution >= 4 is 31.5 Å². The van der Waals surface area contributed by atoms with Crippen molar-refractivity contribution in [3.63, 3.8) is 0 Å². The van der Waals surface area contributed by atoms with Gasteiger partial charge in [-0.05, 0) is 23.1 Å². The van der Waals surface area contributed by atoms with E-state index in [1.54, 1.807) is 0 Å². The zero-order chi connectivity index (χ0) is 14.8. The van der Waals surface area contributed by atoms with Crippen molar-refractivity contribution in [2.45, 2.75) is 46.2 Å². The summed E-state index contributed by atoms with van der Waals surface area (Å²) in [6.07, 6.45) is 0. The Labute approximate surface area is 123 Å². The predicted octanol–water partition coefficient (Wildman–Crippen LogP) is 3.08. The van der Waals surface area contributed by atoms with Crippen LogP contribution in [0.1, 0.15) is 43.6 Å². The van der Waals surface area contributed by atoms with Gasteiger partial charge in [0.15, 0.2) is 0 Å². The summed E-state index contributed by atoms with van der Waals surface area (Å²) in [6, 6.07) is 4.17. The molecule has 0 aliphatic carbocycles. The van der Waals surface area contributed by atoms with E-state index < -0.39 is 8.80 Å². The summed E-state index contributed by atoms with van der Waals surface area (Å²) in [5.74, 6) is -0.0612. The second kappa shape index (κ2) is 6.10. The van der Waals surface area contributed by atoms with Crippen molar-refractivity contribution in [1.29, 1.82) is 0 Å². The summed E-state index contributed by atoms with van der Waals surface area (Å²) >= 11 is 6.52. The van der Waals surface area contributed by atoms with Crippen LogP contribution in [0, 0.1) is 0 Å². The van der Waals surface area contributed by atoms with Crippen LogP contribution in [0.15, 0.2) is 12.1 Å². The van der Waals surface area contributed by atoms with E-state index >= 15 is 0 Å². The highest BCUT2D eigenvalue weighted by Crippen LogP contribution is 2.29. The second-order valence-electron chi connectivity index (χ2n) is 6.16. The average Bonchev–Trinajstić information content (AvgIpc) is 2.26. The average molecular weight is 298 g/mol. The SMILES string of the molecule is CCNC(=O)c1c(C(C)(C)C)ccc([SiH](C)C)c1Cl. The lowest BCUT2D eigenvalue weighted by Gasteiger charge is -2.25. The summed E-state index contributed by atoms with van der Waals surface area (Å²) in [7, 11) is -1.04. The van der Waals surface area contributed by atoms with Crippen LogP contribution in [0.4, 0.5) is 0 Å². The smallest absolute Gasteiger partial charge is 0.253 e. The Morgan fingerprint density at radius 1 is 1.32 bits per heavy atom. The van der Waals surface area contributed by atoms with Gasteiger partial charge in [-0.25, -0.2) is 0 Å². The normalized spacial score (nSPS) is 11.8. The Hall–Kier alpha value is -0.803. The van der Waals surface area contributed by atoms with Crippen LogP contribution in [-0.2, 0) is 5.41 Å². The van der Waals surface area contributed by atoms with Crippen LogP contribution < -0.4 is 10.5 Å². The number of hydrogen-bond acceptors (Lipinski definition) is 1. The van der Waals surface area contributed by atoms with E-state index in [2.05, 4.69) is 51.3 Å². The zero-order valence-corrected chi connectivity index (χ0v) is 14.6. The van der Waals surface area contributed by atoms with Gasteiger partial charge in [0.05, 0.1) is 19.4 Å². The third-order valence-electron chi connectivity index (χ3n) is 3.17. The summed E-state index contributed by atoms with van der Waals surface area (Å²) in [5, 5.41) is 4.69. The Kier molecular flexibility index (Phi) is 5.22. The van der Waals surface area contributed by atoms with E-state index in [9.17, 15) is 4.79 Å². The van der Waals surface area contributed by atoms with Crippen molar-refractivity contribution in [3.8, 4) is 0 Å². The first-order valence-electron chi connectivity index (χ1n) is 6.81. The van der Waals surface area contributed by atoms with Crippen LogP contribution in [0.25, 0.3) is 0 Å². The Morgan fingerprint density at radius 2 is 1.89 bits per heavy atom. The van der Waals surface area contributed by atoms with Crippen molar-refractivity contribution < 1.29 is 4.79 Å². The minimum Gasteiger partial charge on any atom is -0.352 e. The standard InChI is InChI=1S/C15H24ClNOSi/c1-7-17-14(18)12-10(15(2,3)4)8-9-11(13(12)16)19(5)6/h8-9,19H,7H2,1-6H3,(H,17,18). The number of hydrogen-bond donors (Lipinski definition) is 1. The monoisotopic (exact) mass is 297 g/mol. The third kappa shape index (κ3) is 3.60. The lowest BCUT2D eigenvalue weighted by molar-refractivity contribution is 0.0954. The van der Waals surface area contributed by atoms with E-state index in [1.165, 1.54) is 0 Å². The zero-order valence-electron chi connectivity index (χ0n) is 12.7. The molecule has 0 spiro atoms. The molecule has 0 saturated carbocycles. The first-order chi connectivity index (χ1) is 8.70. The summed E-state index contributed by atoms with van der Waals surface area (Å²) in [5.41, 5.74) is 1.58. The molecule has 4 heteroatoms. The van der Waals surface area contributed by atoms with Gasteiger partial charge in [-0.1, -0.05) is 57.6 Å². The van der Waals surface area contributed by atoms with E-state index in [0.717, 1.165) is 10.8 Å². The number of benzene rings is 1. The molecule has 0 heterocycles. The van der Waals surface area contributed by atoms with E-state index in [0.29, 0.717) is 17.1 Å². The number of nitrogens with one attached hydrogen (secondary N) is 1. The van der Waals surface area contributed by atoms with Crippen LogP contribution in [0.5, 0.6) is 0 Å². The number of halogens is 1. The molecule has 1 aromatic carbocycles. The molecule has 0 fully saturated rings. The summed E-state index contributed by atoms with van der Waals surface area (Å²) in [4.78, 5) is 12.3. The quantitative estimate of drug-likeness (QED) is 0.854. The van der Waals surface area contributed by atoms with Gasteiger partial charge in [0.2, 0.25) is 0 Å². The van der Waals surface area contributed by atoms with Gasteiger partial charge in [0.25, 0.3) is 5.91 Å². The fourth-order valence-electron chi connectivity index (χ4n) is 2.13. The van der Waals surface area contributed by atoms with Gasteiger partial charge in [0.1, 0.15) is 0 Å². The molecule has 106 valence electrons. The maximum absolute atomic E-state index is 12.3. The number of carbonyl (C=O) groups excluding carboxylic acids is 1. The molecular weight excluding hydrogens is 274 g/mol. The van der Waals surface area contributed by atoms with Gasteiger partial charge in [-0.15, -0.1) is 0 Å². The molecule has 0 aliphatic rings. The van der Waals surface area contributed by atoms with E-state index in [1.807, 2.05) is 6.92 Å². The molecule has 0 aromatic heterocycles. The molecule has 1 N–H and O–H groups in total. The van der Waals surface area contributed by atoms with E-state index in [4.69, 9.17) is 11.6 Å². The highest BCUT2D eigenvalue weighted by Gasteiger charge is 2.26. The van der Waals surface area contributed by atoms with Gasteiger partial charge in [-0.2, -0.15) is 0 Å². The van der Waals surface area contributed by atoms with Gasteiger partial charge >= 0.3 is 0 Å².